The SMILES string of the molecule is [2H]c1c([2H])c([2H])c(C=C(C#N)C#N)c([2H])c1[2H]. The first-order chi connectivity index (χ1) is 7.93. The van der Waals surface area contributed by atoms with Crippen molar-refractivity contribution in [3.63, 3.8) is 0 Å². The van der Waals surface area contributed by atoms with Crippen LogP contribution in [0.1, 0.15) is 12.4 Å². The summed E-state index contributed by atoms with van der Waals surface area (Å²) in [5, 5.41) is 17.1. The van der Waals surface area contributed by atoms with Gasteiger partial charge in [0.25, 0.3) is 0 Å². The summed E-state index contributed by atoms with van der Waals surface area (Å²) in [5.41, 5.74) is -0.474. The van der Waals surface area contributed by atoms with Crippen molar-refractivity contribution in [2.45, 2.75) is 0 Å². The summed E-state index contributed by atoms with van der Waals surface area (Å²) in [6.07, 6.45) is 0.986. The molecule has 0 fully saturated rings. The van der Waals surface area contributed by atoms with Crippen LogP contribution in [-0.4, -0.2) is 0 Å². The standard InChI is InChI=1S/C10H6N2/c11-7-10(8-12)6-9-4-2-1-3-5-9/h1-6H/i1D,2D,3D,4D,5D. The van der Waals surface area contributed by atoms with Gasteiger partial charge in [-0.3, -0.25) is 0 Å². The van der Waals surface area contributed by atoms with Crippen molar-refractivity contribution in [2.24, 2.45) is 0 Å². The second-order valence-corrected chi connectivity index (χ2v) is 1.82. The smallest absolute Gasteiger partial charge is 0.130 e. The fourth-order valence-corrected chi connectivity index (χ4v) is 0.566. The molecule has 0 amide bonds. The largest absolute Gasteiger partial charge is 0.192 e. The molecular formula is C10H6N2. The van der Waals surface area contributed by atoms with Crippen LogP contribution in [0.4, 0.5) is 0 Å². The molecule has 2 heteroatoms. The van der Waals surface area contributed by atoms with E-state index in [2.05, 4.69) is 0 Å². The number of hydrogen-bond donors (Lipinski definition) is 0. The van der Waals surface area contributed by atoms with E-state index in [1.165, 1.54) is 0 Å². The molecular weight excluding hydrogens is 148 g/mol. The lowest BCUT2D eigenvalue weighted by atomic mass is 10.1. The number of hydrogen-bond acceptors (Lipinski definition) is 2. The molecule has 0 aliphatic carbocycles. The second kappa shape index (κ2) is 3.95. The lowest BCUT2D eigenvalue weighted by molar-refractivity contribution is 1.47. The van der Waals surface area contributed by atoms with Crippen molar-refractivity contribution in [1.82, 2.24) is 0 Å². The van der Waals surface area contributed by atoms with Crippen LogP contribution in [0, 0.1) is 22.7 Å². The predicted molar refractivity (Wildman–Crippen MR) is 45.6 cm³/mol. The third kappa shape index (κ3) is 1.97. The van der Waals surface area contributed by atoms with E-state index in [0.29, 0.717) is 0 Å². The molecule has 0 N–H and O–H groups in total. The minimum atomic E-state index is -0.507. The van der Waals surface area contributed by atoms with Crippen LogP contribution in [0.2, 0.25) is 0 Å². The lowest BCUT2D eigenvalue weighted by Crippen LogP contribution is -1.73. The number of rotatable bonds is 1. The molecule has 1 rings (SSSR count). The molecule has 0 unspecified atom stereocenters. The molecule has 12 heavy (non-hydrogen) atoms. The highest BCUT2D eigenvalue weighted by Gasteiger charge is 1.91. The zero-order valence-corrected chi connectivity index (χ0v) is 5.97. The van der Waals surface area contributed by atoms with Gasteiger partial charge in [-0.05, 0) is 11.6 Å². The maximum atomic E-state index is 8.57. The molecule has 0 saturated heterocycles. The van der Waals surface area contributed by atoms with Gasteiger partial charge in [-0.25, -0.2) is 0 Å². The quantitative estimate of drug-likeness (QED) is 0.589. The Labute approximate surface area is 78.0 Å². The van der Waals surface area contributed by atoms with Crippen molar-refractivity contribution in [1.29, 1.82) is 10.5 Å². The van der Waals surface area contributed by atoms with Crippen LogP contribution < -0.4 is 0 Å². The Morgan fingerprint density at radius 2 is 1.83 bits per heavy atom. The van der Waals surface area contributed by atoms with E-state index in [4.69, 9.17) is 17.4 Å². The van der Waals surface area contributed by atoms with Gasteiger partial charge in [-0.1, -0.05) is 30.2 Å². The first kappa shape index (κ1) is 3.56. The van der Waals surface area contributed by atoms with Gasteiger partial charge in [0.15, 0.2) is 0 Å². The van der Waals surface area contributed by atoms with Crippen molar-refractivity contribution in [3.05, 3.63) is 41.3 Å². The number of allylic oxidation sites excluding steroid dienone is 1. The van der Waals surface area contributed by atoms with Crippen LogP contribution in [0.3, 0.4) is 0 Å². The molecule has 1 aromatic rings. The van der Waals surface area contributed by atoms with Gasteiger partial charge in [0.05, 0.1) is 6.85 Å². The highest BCUT2D eigenvalue weighted by Crippen LogP contribution is 2.04. The monoisotopic (exact) mass is 159 g/mol. The van der Waals surface area contributed by atoms with Crippen LogP contribution in [0.5, 0.6) is 0 Å². The molecule has 56 valence electrons. The average molecular weight is 159 g/mol. The fraction of sp³-hybridized carbons (Fsp3) is 0. The van der Waals surface area contributed by atoms with E-state index in [-0.39, 0.29) is 11.1 Å². The Hall–Kier alpha value is -2.06. The van der Waals surface area contributed by atoms with E-state index < -0.39 is 30.2 Å². The maximum Gasteiger partial charge on any atom is 0.130 e. The van der Waals surface area contributed by atoms with E-state index in [0.717, 1.165) is 6.08 Å². The highest BCUT2D eigenvalue weighted by atomic mass is 14.3. The first-order valence-electron chi connectivity index (χ1n) is 5.52. The molecule has 1 aromatic carbocycles. The molecule has 0 atom stereocenters. The molecule has 0 spiro atoms. The summed E-state index contributed by atoms with van der Waals surface area (Å²) in [6, 6.07) is 0.788. The summed E-state index contributed by atoms with van der Waals surface area (Å²) in [6.45, 7) is 0. The van der Waals surface area contributed by atoms with Crippen LogP contribution in [-0.2, 0) is 0 Å². The summed E-state index contributed by atoms with van der Waals surface area (Å²) in [5.74, 6) is 0. The summed E-state index contributed by atoms with van der Waals surface area (Å²) in [4.78, 5) is 0. The van der Waals surface area contributed by atoms with Gasteiger partial charge in [-0.2, -0.15) is 10.5 Å². The third-order valence-electron chi connectivity index (χ3n) is 1.05. The van der Waals surface area contributed by atoms with Gasteiger partial charge in [0, 0.05) is 0 Å². The van der Waals surface area contributed by atoms with Gasteiger partial charge in [0.2, 0.25) is 0 Å². The topological polar surface area (TPSA) is 47.6 Å². The van der Waals surface area contributed by atoms with Gasteiger partial charge in [-0.15, -0.1) is 0 Å². The van der Waals surface area contributed by atoms with Crippen molar-refractivity contribution >= 4 is 6.08 Å². The predicted octanol–water partition coefficient (Wildman–Crippen LogP) is 2.12. The number of nitrogens with zero attached hydrogens (tertiary/aromatic N) is 2. The molecule has 0 aromatic heterocycles. The second-order valence-electron chi connectivity index (χ2n) is 1.82. The Kier molecular flexibility index (Phi) is 1.17. The first-order valence-corrected chi connectivity index (χ1v) is 3.02. The lowest BCUT2D eigenvalue weighted by Gasteiger charge is -1.88. The van der Waals surface area contributed by atoms with Crippen molar-refractivity contribution < 1.29 is 6.85 Å². The highest BCUT2D eigenvalue weighted by molar-refractivity contribution is 5.61. The maximum absolute atomic E-state index is 8.57. The minimum Gasteiger partial charge on any atom is -0.192 e. The summed E-state index contributed by atoms with van der Waals surface area (Å²) in [7, 11) is 0. The molecule has 0 bridgehead atoms. The van der Waals surface area contributed by atoms with Crippen molar-refractivity contribution in [3.8, 4) is 12.1 Å². The Balaban J connectivity index is 3.64. The van der Waals surface area contributed by atoms with Gasteiger partial charge < -0.3 is 0 Å². The van der Waals surface area contributed by atoms with E-state index >= 15 is 0 Å². The third-order valence-corrected chi connectivity index (χ3v) is 1.05. The molecule has 0 saturated carbocycles. The Bertz CT molecular complexity index is 547. The van der Waals surface area contributed by atoms with E-state index in [1.54, 1.807) is 12.1 Å². The summed E-state index contributed by atoms with van der Waals surface area (Å²) < 4.78 is 37.2. The van der Waals surface area contributed by atoms with E-state index in [9.17, 15) is 0 Å². The molecule has 2 nitrogen and oxygen atoms in total. The molecule has 0 aliphatic rings. The fourth-order valence-electron chi connectivity index (χ4n) is 0.566. The average Bonchev–Trinajstić information content (AvgIpc) is 2.34. The normalized spacial score (nSPS) is 13.7. The number of benzene rings is 1. The Morgan fingerprint density at radius 1 is 1.25 bits per heavy atom. The number of nitriles is 2. The zero-order valence-electron chi connectivity index (χ0n) is 11.0. The Morgan fingerprint density at radius 3 is 2.33 bits per heavy atom. The molecule has 0 radical (unpaired) electrons. The zero-order chi connectivity index (χ0) is 13.2. The van der Waals surface area contributed by atoms with Gasteiger partial charge >= 0.3 is 0 Å². The molecule has 0 aliphatic heterocycles. The minimum absolute atomic E-state index is 0.158. The molecule has 0 heterocycles. The van der Waals surface area contributed by atoms with Gasteiger partial charge in [0.1, 0.15) is 17.7 Å². The van der Waals surface area contributed by atoms with E-state index in [1.807, 2.05) is 0 Å². The van der Waals surface area contributed by atoms with Crippen LogP contribution in [0.25, 0.3) is 6.08 Å². The summed E-state index contributed by atoms with van der Waals surface area (Å²) >= 11 is 0. The van der Waals surface area contributed by atoms with Crippen LogP contribution in [0.15, 0.2) is 35.8 Å². The van der Waals surface area contributed by atoms with Crippen LogP contribution >= 0.6 is 0 Å². The van der Waals surface area contributed by atoms with Crippen molar-refractivity contribution in [2.75, 3.05) is 0 Å².